The van der Waals surface area contributed by atoms with E-state index in [0.717, 1.165) is 22.1 Å². The Balaban J connectivity index is 2.02. The summed E-state index contributed by atoms with van der Waals surface area (Å²) in [5, 5.41) is 0. The van der Waals surface area contributed by atoms with Gasteiger partial charge in [0.15, 0.2) is 0 Å². The molecular weight excluding hydrogens is 335 g/mol. The molecule has 0 aromatic carbocycles. The maximum atomic E-state index is 11.7. The third-order valence-corrected chi connectivity index (χ3v) is 3.72. The van der Waals surface area contributed by atoms with Gasteiger partial charge in [-0.1, -0.05) is 0 Å². The van der Waals surface area contributed by atoms with Crippen LogP contribution in [0.2, 0.25) is 0 Å². The van der Waals surface area contributed by atoms with E-state index in [2.05, 4.69) is 33.1 Å². The minimum Gasteiger partial charge on any atom is -0.325 e. The molecule has 1 saturated carbocycles. The number of amides is 1. The molecule has 1 fully saturated rings. The first kappa shape index (κ1) is 12.6. The predicted octanol–water partition coefficient (Wildman–Crippen LogP) is 1.36. The summed E-state index contributed by atoms with van der Waals surface area (Å²) in [4.78, 5) is 30.9. The van der Waals surface area contributed by atoms with Gasteiger partial charge in [0.2, 0.25) is 0 Å². The van der Waals surface area contributed by atoms with E-state index in [4.69, 9.17) is 4.84 Å². The highest BCUT2D eigenvalue weighted by Crippen LogP contribution is 2.28. The number of carbonyl (C=O) groups excluding carboxylic acids is 1. The Morgan fingerprint density at radius 3 is 3.00 bits per heavy atom. The molecule has 1 aliphatic carbocycles. The highest BCUT2D eigenvalue weighted by atomic mass is 127. The number of aromatic nitrogens is 1. The SMILES string of the molecule is Cc1[nH]c(=O)c(C(=O)NOCC2CC2)cc1I. The van der Waals surface area contributed by atoms with Gasteiger partial charge in [-0.2, -0.15) is 0 Å². The predicted molar refractivity (Wildman–Crippen MR) is 70.7 cm³/mol. The van der Waals surface area contributed by atoms with E-state index in [1.54, 1.807) is 13.0 Å². The van der Waals surface area contributed by atoms with Crippen molar-refractivity contribution in [2.75, 3.05) is 6.61 Å². The first-order chi connectivity index (χ1) is 8.08. The molecule has 2 N–H and O–H groups in total. The van der Waals surface area contributed by atoms with Crippen LogP contribution in [0, 0.1) is 16.4 Å². The summed E-state index contributed by atoms with van der Waals surface area (Å²) in [7, 11) is 0. The average Bonchev–Trinajstić information content (AvgIpc) is 3.07. The lowest BCUT2D eigenvalue weighted by molar-refractivity contribution is 0.0269. The number of H-pyrrole nitrogens is 1. The molecule has 2 rings (SSSR count). The van der Waals surface area contributed by atoms with E-state index in [-0.39, 0.29) is 5.56 Å². The topological polar surface area (TPSA) is 71.2 Å². The van der Waals surface area contributed by atoms with Crippen molar-refractivity contribution in [3.8, 4) is 0 Å². The fourth-order valence-corrected chi connectivity index (χ4v) is 1.78. The Bertz CT molecular complexity index is 494. The molecule has 0 bridgehead atoms. The summed E-state index contributed by atoms with van der Waals surface area (Å²) in [6.07, 6.45) is 2.30. The Kier molecular flexibility index (Phi) is 3.82. The van der Waals surface area contributed by atoms with Gasteiger partial charge in [0, 0.05) is 9.26 Å². The molecule has 5 nitrogen and oxygen atoms in total. The number of rotatable bonds is 4. The standard InChI is InChI=1S/C11H13IN2O3/c1-6-9(12)4-8(10(15)13-6)11(16)14-17-5-7-2-3-7/h4,7H,2-3,5H2,1H3,(H,13,15)(H,14,16). The first-order valence-electron chi connectivity index (χ1n) is 5.39. The first-order valence-corrected chi connectivity index (χ1v) is 6.47. The highest BCUT2D eigenvalue weighted by molar-refractivity contribution is 14.1. The maximum absolute atomic E-state index is 11.7. The van der Waals surface area contributed by atoms with Crippen LogP contribution in [-0.4, -0.2) is 17.5 Å². The smallest absolute Gasteiger partial charge is 0.280 e. The van der Waals surface area contributed by atoms with Crippen LogP contribution in [0.4, 0.5) is 0 Å². The lowest BCUT2D eigenvalue weighted by Crippen LogP contribution is -2.30. The minimum absolute atomic E-state index is 0.0794. The summed E-state index contributed by atoms with van der Waals surface area (Å²) in [6.45, 7) is 2.31. The molecule has 0 aliphatic heterocycles. The fourth-order valence-electron chi connectivity index (χ4n) is 1.33. The molecule has 92 valence electrons. The summed E-state index contributed by atoms with van der Waals surface area (Å²) < 4.78 is 0.842. The monoisotopic (exact) mass is 348 g/mol. The molecule has 1 heterocycles. The third-order valence-electron chi connectivity index (χ3n) is 2.60. The quantitative estimate of drug-likeness (QED) is 0.638. The molecule has 1 aliphatic rings. The maximum Gasteiger partial charge on any atom is 0.280 e. The number of carbonyl (C=O) groups is 1. The number of hydrogen-bond acceptors (Lipinski definition) is 3. The van der Waals surface area contributed by atoms with Crippen LogP contribution in [0.3, 0.4) is 0 Å². The molecule has 1 amide bonds. The Morgan fingerprint density at radius 1 is 1.65 bits per heavy atom. The van der Waals surface area contributed by atoms with Crippen LogP contribution < -0.4 is 11.0 Å². The molecule has 17 heavy (non-hydrogen) atoms. The molecule has 0 atom stereocenters. The van der Waals surface area contributed by atoms with Crippen LogP contribution in [0.25, 0.3) is 0 Å². The van der Waals surface area contributed by atoms with Crippen molar-refractivity contribution in [2.24, 2.45) is 5.92 Å². The van der Waals surface area contributed by atoms with Crippen LogP contribution in [-0.2, 0) is 4.84 Å². The van der Waals surface area contributed by atoms with Crippen molar-refractivity contribution < 1.29 is 9.63 Å². The molecular formula is C11H13IN2O3. The van der Waals surface area contributed by atoms with Crippen LogP contribution >= 0.6 is 22.6 Å². The van der Waals surface area contributed by atoms with E-state index in [1.807, 2.05) is 0 Å². The van der Waals surface area contributed by atoms with Gasteiger partial charge in [-0.05, 0) is 54.3 Å². The van der Waals surface area contributed by atoms with Gasteiger partial charge in [-0.15, -0.1) is 0 Å². The van der Waals surface area contributed by atoms with Gasteiger partial charge in [0.05, 0.1) is 6.61 Å². The number of hydrogen-bond donors (Lipinski definition) is 2. The second kappa shape index (κ2) is 5.18. The van der Waals surface area contributed by atoms with E-state index in [1.165, 1.54) is 0 Å². The van der Waals surface area contributed by atoms with Gasteiger partial charge in [0.25, 0.3) is 11.5 Å². The summed E-state index contributed by atoms with van der Waals surface area (Å²) >= 11 is 2.07. The van der Waals surface area contributed by atoms with Gasteiger partial charge in [-0.3, -0.25) is 14.4 Å². The van der Waals surface area contributed by atoms with Crippen molar-refractivity contribution >= 4 is 28.5 Å². The molecule has 1 aromatic heterocycles. The second-order valence-electron chi connectivity index (χ2n) is 4.17. The lowest BCUT2D eigenvalue weighted by atomic mass is 10.2. The van der Waals surface area contributed by atoms with Crippen molar-refractivity contribution in [3.05, 3.63) is 31.2 Å². The van der Waals surface area contributed by atoms with Crippen molar-refractivity contribution in [1.82, 2.24) is 10.5 Å². The zero-order chi connectivity index (χ0) is 12.4. The number of hydroxylamine groups is 1. The zero-order valence-electron chi connectivity index (χ0n) is 9.38. The van der Waals surface area contributed by atoms with E-state index >= 15 is 0 Å². The van der Waals surface area contributed by atoms with Gasteiger partial charge in [0.1, 0.15) is 5.56 Å². The Hall–Kier alpha value is -0.890. The van der Waals surface area contributed by atoms with E-state index in [0.29, 0.717) is 12.5 Å². The molecule has 0 saturated heterocycles. The number of aryl methyl sites for hydroxylation is 1. The lowest BCUT2D eigenvalue weighted by Gasteiger charge is -2.05. The molecule has 1 aromatic rings. The zero-order valence-corrected chi connectivity index (χ0v) is 11.5. The fraction of sp³-hybridized carbons (Fsp3) is 0.455. The highest BCUT2D eigenvalue weighted by Gasteiger charge is 2.22. The van der Waals surface area contributed by atoms with E-state index < -0.39 is 11.5 Å². The van der Waals surface area contributed by atoms with Crippen LogP contribution in [0.1, 0.15) is 28.9 Å². The van der Waals surface area contributed by atoms with Crippen LogP contribution in [0.5, 0.6) is 0 Å². The number of pyridine rings is 1. The normalized spacial score (nSPS) is 14.7. The summed E-state index contributed by atoms with van der Waals surface area (Å²) in [5.41, 5.74) is 2.74. The van der Waals surface area contributed by atoms with Crippen molar-refractivity contribution in [1.29, 1.82) is 0 Å². The molecule has 0 spiro atoms. The van der Waals surface area contributed by atoms with Gasteiger partial charge < -0.3 is 4.98 Å². The Morgan fingerprint density at radius 2 is 2.35 bits per heavy atom. The van der Waals surface area contributed by atoms with Crippen molar-refractivity contribution in [3.63, 3.8) is 0 Å². The molecule has 0 unspecified atom stereocenters. The Labute approximate surface area is 112 Å². The van der Waals surface area contributed by atoms with Crippen molar-refractivity contribution in [2.45, 2.75) is 19.8 Å². The second-order valence-corrected chi connectivity index (χ2v) is 5.33. The van der Waals surface area contributed by atoms with E-state index in [9.17, 15) is 9.59 Å². The molecule has 0 radical (unpaired) electrons. The minimum atomic E-state index is -0.496. The van der Waals surface area contributed by atoms with Gasteiger partial charge in [-0.25, -0.2) is 5.48 Å². The largest absolute Gasteiger partial charge is 0.325 e. The third kappa shape index (κ3) is 3.29. The number of halogens is 1. The summed E-state index contributed by atoms with van der Waals surface area (Å²) in [6, 6.07) is 1.56. The molecule has 6 heteroatoms. The summed E-state index contributed by atoms with van der Waals surface area (Å²) in [5.74, 6) is 0.0663. The number of nitrogens with one attached hydrogen (secondary N) is 2. The van der Waals surface area contributed by atoms with Gasteiger partial charge >= 0.3 is 0 Å². The number of aromatic amines is 1. The average molecular weight is 348 g/mol. The van der Waals surface area contributed by atoms with Crippen LogP contribution in [0.15, 0.2) is 10.9 Å².